The van der Waals surface area contributed by atoms with Gasteiger partial charge in [0.1, 0.15) is 17.8 Å². The van der Waals surface area contributed by atoms with E-state index in [1.165, 1.54) is 18.7 Å². The molecule has 176 valence electrons. The zero-order valence-corrected chi connectivity index (χ0v) is 19.2. The molecule has 0 saturated carbocycles. The van der Waals surface area contributed by atoms with Crippen molar-refractivity contribution >= 4 is 17.5 Å². The maximum absolute atomic E-state index is 14.3. The first-order valence-electron chi connectivity index (χ1n) is 11.7. The van der Waals surface area contributed by atoms with Crippen molar-refractivity contribution < 1.29 is 9.80 Å². The molecule has 4 heterocycles. The van der Waals surface area contributed by atoms with Crippen molar-refractivity contribution in [3.05, 3.63) is 58.2 Å². The number of hydrogen-bond donors (Lipinski definition) is 2. The second-order valence-electron chi connectivity index (χ2n) is 8.86. The highest BCUT2D eigenvalue weighted by molar-refractivity contribution is 5.83. The summed E-state index contributed by atoms with van der Waals surface area (Å²) in [5.41, 5.74) is 2.65. The maximum Gasteiger partial charge on any atom is 0.274 e. The van der Waals surface area contributed by atoms with Crippen molar-refractivity contribution in [1.29, 1.82) is 0 Å². The highest BCUT2D eigenvalue weighted by Crippen LogP contribution is 2.21. The number of anilines is 1. The van der Waals surface area contributed by atoms with Gasteiger partial charge in [-0.25, -0.2) is 4.39 Å². The highest BCUT2D eigenvalue weighted by Gasteiger charge is 2.18. The summed E-state index contributed by atoms with van der Waals surface area (Å²) < 4.78 is 17.7. The van der Waals surface area contributed by atoms with E-state index in [1.807, 2.05) is 16.8 Å². The molecule has 3 N–H and O–H groups in total. The molecule has 4 rings (SSSR count). The van der Waals surface area contributed by atoms with Crippen LogP contribution in [0.15, 0.2) is 35.6 Å². The van der Waals surface area contributed by atoms with E-state index >= 15 is 0 Å². The van der Waals surface area contributed by atoms with Gasteiger partial charge in [-0.2, -0.15) is 0 Å². The van der Waals surface area contributed by atoms with Crippen molar-refractivity contribution in [1.82, 2.24) is 24.1 Å². The summed E-state index contributed by atoms with van der Waals surface area (Å²) in [7, 11) is 1.75. The predicted octanol–water partition coefficient (Wildman–Crippen LogP) is 1.37. The number of aryl methyl sites for hydroxylation is 1. The van der Waals surface area contributed by atoms with Gasteiger partial charge >= 0.3 is 0 Å². The molecule has 0 atom stereocenters. The third kappa shape index (κ3) is 5.47. The zero-order valence-electron chi connectivity index (χ0n) is 19.2. The Labute approximate surface area is 193 Å². The van der Waals surface area contributed by atoms with Crippen molar-refractivity contribution in [2.45, 2.75) is 45.1 Å². The van der Waals surface area contributed by atoms with Crippen LogP contribution in [0, 0.1) is 11.7 Å². The van der Waals surface area contributed by atoms with Crippen LogP contribution in [0.4, 0.5) is 10.1 Å². The van der Waals surface area contributed by atoms with Gasteiger partial charge in [-0.15, -0.1) is 10.2 Å². The first-order valence-corrected chi connectivity index (χ1v) is 11.7. The number of nitrogens with one attached hydrogen (secondary N) is 1. The quantitative estimate of drug-likeness (QED) is 0.502. The van der Waals surface area contributed by atoms with Gasteiger partial charge in [0.05, 0.1) is 5.56 Å². The fourth-order valence-corrected chi connectivity index (χ4v) is 4.84. The Morgan fingerprint density at radius 2 is 2.09 bits per heavy atom. The van der Waals surface area contributed by atoms with Gasteiger partial charge in [0.15, 0.2) is 11.9 Å². The smallest absolute Gasteiger partial charge is 0.274 e. The van der Waals surface area contributed by atoms with Gasteiger partial charge in [0.2, 0.25) is 0 Å². The number of rotatable bonds is 8. The van der Waals surface area contributed by atoms with Gasteiger partial charge < -0.3 is 14.8 Å². The number of nitrogens with two attached hydrogens (primary N) is 1. The van der Waals surface area contributed by atoms with E-state index in [0.29, 0.717) is 29.2 Å². The Hall–Kier alpha value is -3.07. The molecular weight excluding hydrogens is 421 g/mol. The van der Waals surface area contributed by atoms with Crippen LogP contribution >= 0.6 is 0 Å². The minimum Gasteiger partial charge on any atom is -0.383 e. The third-order valence-corrected chi connectivity index (χ3v) is 6.64. The van der Waals surface area contributed by atoms with Crippen LogP contribution in [-0.2, 0) is 13.0 Å². The second-order valence-corrected chi connectivity index (χ2v) is 8.86. The Bertz CT molecular complexity index is 1150. The lowest BCUT2D eigenvalue weighted by molar-refractivity contribution is -0.104. The SMILES string of the molecule is CNc1c(C=[NH2+])ccn(CC2CCCN(CCCc3cc4nncn4cc3F)CCC2)c1=O. The molecule has 9 heteroatoms. The first-order chi connectivity index (χ1) is 16.1. The van der Waals surface area contributed by atoms with E-state index in [2.05, 4.69) is 20.4 Å². The summed E-state index contributed by atoms with van der Waals surface area (Å²) in [5, 5.41) is 16.4. The van der Waals surface area contributed by atoms with Gasteiger partial charge in [-0.05, 0) is 81.8 Å². The van der Waals surface area contributed by atoms with Crippen molar-refractivity contribution in [3.63, 3.8) is 0 Å². The molecule has 0 spiro atoms. The molecule has 1 aliphatic rings. The average molecular weight is 455 g/mol. The number of likely N-dealkylation sites (tertiary alicyclic amines) is 1. The van der Waals surface area contributed by atoms with Gasteiger partial charge in [-0.1, -0.05) is 0 Å². The molecule has 0 aliphatic carbocycles. The van der Waals surface area contributed by atoms with E-state index in [9.17, 15) is 9.18 Å². The molecule has 0 bridgehead atoms. The van der Waals surface area contributed by atoms with E-state index in [1.54, 1.807) is 17.5 Å². The maximum atomic E-state index is 14.3. The molecule has 0 aromatic carbocycles. The molecule has 1 fully saturated rings. The molecular formula is C24H33FN7O+. The normalized spacial score (nSPS) is 15.9. The number of fused-ring (bicyclic) bond motifs is 1. The Morgan fingerprint density at radius 1 is 1.30 bits per heavy atom. The van der Waals surface area contributed by atoms with Gasteiger partial charge in [0, 0.05) is 26.0 Å². The summed E-state index contributed by atoms with van der Waals surface area (Å²) in [6.07, 6.45) is 12.3. The number of nitrogens with zero attached hydrogens (tertiary/aromatic N) is 5. The summed E-state index contributed by atoms with van der Waals surface area (Å²) >= 11 is 0. The Balaban J connectivity index is 1.26. The van der Waals surface area contributed by atoms with Crippen LogP contribution in [0.2, 0.25) is 0 Å². The van der Waals surface area contributed by atoms with Gasteiger partial charge in [0.25, 0.3) is 5.56 Å². The fourth-order valence-electron chi connectivity index (χ4n) is 4.84. The molecule has 0 radical (unpaired) electrons. The van der Waals surface area contributed by atoms with E-state index in [-0.39, 0.29) is 11.4 Å². The van der Waals surface area contributed by atoms with E-state index in [4.69, 9.17) is 5.41 Å². The van der Waals surface area contributed by atoms with Crippen LogP contribution in [0.3, 0.4) is 0 Å². The first kappa shape index (κ1) is 23.1. The third-order valence-electron chi connectivity index (χ3n) is 6.64. The second kappa shape index (κ2) is 10.7. The van der Waals surface area contributed by atoms with Crippen LogP contribution in [0.5, 0.6) is 0 Å². The molecule has 3 aromatic heterocycles. The van der Waals surface area contributed by atoms with E-state index in [0.717, 1.165) is 63.8 Å². The molecule has 0 unspecified atom stereocenters. The number of hydrogen-bond acceptors (Lipinski definition) is 5. The lowest BCUT2D eigenvalue weighted by Crippen LogP contribution is -2.34. The lowest BCUT2D eigenvalue weighted by atomic mass is 9.95. The standard InChI is InChI=1S/C24H32FN7O/c1-27-23-20(14-26)8-12-31(24(23)33)15-18-5-2-9-30(10-3-6-18)11-4-7-19-13-22-29-28-17-32(22)16-21(19)25/h8,12-14,16-18,26-27H,2-7,9-11,15H2,1H3/p+1. The Kier molecular flexibility index (Phi) is 7.49. The molecule has 0 amide bonds. The molecule has 1 saturated heterocycles. The van der Waals surface area contributed by atoms with Crippen molar-refractivity contribution in [2.75, 3.05) is 32.0 Å². The van der Waals surface area contributed by atoms with Crippen molar-refractivity contribution in [3.8, 4) is 0 Å². The molecule has 33 heavy (non-hydrogen) atoms. The predicted molar refractivity (Wildman–Crippen MR) is 127 cm³/mol. The van der Waals surface area contributed by atoms with Crippen LogP contribution in [-0.4, -0.2) is 57.0 Å². The number of pyridine rings is 2. The summed E-state index contributed by atoms with van der Waals surface area (Å²) in [6, 6.07) is 3.68. The molecule has 8 nitrogen and oxygen atoms in total. The van der Waals surface area contributed by atoms with E-state index < -0.39 is 0 Å². The van der Waals surface area contributed by atoms with Crippen LogP contribution in [0.1, 0.15) is 43.2 Å². The Morgan fingerprint density at radius 3 is 2.82 bits per heavy atom. The summed E-state index contributed by atoms with van der Waals surface area (Å²) in [6.45, 7) is 3.78. The van der Waals surface area contributed by atoms with Crippen molar-refractivity contribution in [2.24, 2.45) is 5.92 Å². The van der Waals surface area contributed by atoms with Gasteiger partial charge in [-0.3, -0.25) is 14.6 Å². The van der Waals surface area contributed by atoms with Crippen LogP contribution < -0.4 is 16.3 Å². The largest absolute Gasteiger partial charge is 0.383 e. The summed E-state index contributed by atoms with van der Waals surface area (Å²) in [4.78, 5) is 15.2. The fraction of sp³-hybridized carbons (Fsp3) is 0.500. The molecule has 1 aliphatic heterocycles. The minimum atomic E-state index is -0.202. The monoisotopic (exact) mass is 454 g/mol. The van der Waals surface area contributed by atoms with Crippen LogP contribution in [0.25, 0.3) is 5.65 Å². The minimum absolute atomic E-state index is 0.0167. The summed E-state index contributed by atoms with van der Waals surface area (Å²) in [5.74, 6) is 0.290. The highest BCUT2D eigenvalue weighted by atomic mass is 19.1. The lowest BCUT2D eigenvalue weighted by Gasteiger charge is -2.28. The number of aromatic nitrogens is 4. The zero-order chi connectivity index (χ0) is 23.2. The number of halogens is 1. The molecule has 3 aromatic rings. The topological polar surface area (TPSA) is 93.0 Å². The average Bonchev–Trinajstić information content (AvgIpc) is 3.24.